The Labute approximate surface area is 121 Å². The van der Waals surface area contributed by atoms with Gasteiger partial charge in [-0.25, -0.2) is 0 Å². The summed E-state index contributed by atoms with van der Waals surface area (Å²) in [7, 11) is 0. The molecule has 4 nitrogen and oxygen atoms in total. The molecule has 0 aromatic heterocycles. The molecule has 2 rings (SSSR count). The Morgan fingerprint density at radius 3 is 2.48 bits per heavy atom. The molecule has 1 aromatic carbocycles. The van der Waals surface area contributed by atoms with Crippen LogP contribution < -0.4 is 10.6 Å². The first-order valence-electron chi connectivity index (χ1n) is 6.77. The quantitative estimate of drug-likeness (QED) is 0.382. The Morgan fingerprint density at radius 2 is 1.95 bits per heavy atom. The van der Waals surface area contributed by atoms with Gasteiger partial charge in [0.05, 0.1) is 5.56 Å². The third-order valence-electron chi connectivity index (χ3n) is 3.84. The van der Waals surface area contributed by atoms with E-state index in [0.717, 1.165) is 32.0 Å². The fourth-order valence-corrected chi connectivity index (χ4v) is 2.51. The second-order valence-corrected chi connectivity index (χ2v) is 5.38. The third kappa shape index (κ3) is 3.40. The van der Waals surface area contributed by atoms with E-state index in [0.29, 0.717) is 11.6 Å². The first kappa shape index (κ1) is 15.5. The van der Waals surface area contributed by atoms with Crippen LogP contribution in [0.3, 0.4) is 0 Å². The minimum absolute atomic E-state index is 0.291. The van der Waals surface area contributed by atoms with E-state index in [1.807, 2.05) is 4.90 Å². The number of alkyl halides is 3. The molecule has 0 amide bonds. The SMILES string of the molecule is CC1CCN(c2ccc(C(F)(F)F)c(/C(N)=N/O)c2)CC1. The van der Waals surface area contributed by atoms with Crippen LogP contribution in [0.1, 0.15) is 30.9 Å². The van der Waals surface area contributed by atoms with Gasteiger partial charge in [0, 0.05) is 24.3 Å². The molecule has 1 aromatic rings. The lowest BCUT2D eigenvalue weighted by molar-refractivity contribution is -0.137. The zero-order valence-corrected chi connectivity index (χ0v) is 11.7. The van der Waals surface area contributed by atoms with Gasteiger partial charge in [-0.1, -0.05) is 12.1 Å². The van der Waals surface area contributed by atoms with Gasteiger partial charge in [0.2, 0.25) is 0 Å². The fourth-order valence-electron chi connectivity index (χ4n) is 2.51. The predicted molar refractivity (Wildman–Crippen MR) is 74.6 cm³/mol. The van der Waals surface area contributed by atoms with Crippen molar-refractivity contribution in [3.8, 4) is 0 Å². The number of halogens is 3. The van der Waals surface area contributed by atoms with Crippen LogP contribution >= 0.6 is 0 Å². The van der Waals surface area contributed by atoms with E-state index < -0.39 is 17.6 Å². The highest BCUT2D eigenvalue weighted by molar-refractivity contribution is 5.99. The largest absolute Gasteiger partial charge is 0.417 e. The molecule has 7 heteroatoms. The molecule has 0 saturated carbocycles. The average molecular weight is 301 g/mol. The third-order valence-corrected chi connectivity index (χ3v) is 3.84. The molecule has 0 unspecified atom stereocenters. The van der Waals surface area contributed by atoms with Gasteiger partial charge in [-0.05, 0) is 37.0 Å². The maximum Gasteiger partial charge on any atom is 0.417 e. The lowest BCUT2D eigenvalue weighted by atomic mass is 9.98. The zero-order valence-electron chi connectivity index (χ0n) is 11.7. The first-order valence-corrected chi connectivity index (χ1v) is 6.77. The van der Waals surface area contributed by atoms with E-state index in [4.69, 9.17) is 10.9 Å². The Hall–Kier alpha value is -1.92. The van der Waals surface area contributed by atoms with Gasteiger partial charge < -0.3 is 15.8 Å². The fraction of sp³-hybridized carbons (Fsp3) is 0.500. The molecule has 1 aliphatic heterocycles. The van der Waals surface area contributed by atoms with Gasteiger partial charge in [0.1, 0.15) is 0 Å². The molecule has 21 heavy (non-hydrogen) atoms. The molecule has 1 saturated heterocycles. The Bertz CT molecular complexity index is 535. The van der Waals surface area contributed by atoms with Crippen LogP contribution in [0.4, 0.5) is 18.9 Å². The molecule has 0 radical (unpaired) electrons. The van der Waals surface area contributed by atoms with Gasteiger partial charge in [-0.3, -0.25) is 0 Å². The number of anilines is 1. The number of rotatable bonds is 2. The Morgan fingerprint density at radius 1 is 1.33 bits per heavy atom. The lowest BCUT2D eigenvalue weighted by Gasteiger charge is -2.32. The summed E-state index contributed by atoms with van der Waals surface area (Å²) in [6.45, 7) is 3.75. The van der Waals surface area contributed by atoms with Gasteiger partial charge in [-0.2, -0.15) is 13.2 Å². The van der Waals surface area contributed by atoms with Crippen LogP contribution in [0.2, 0.25) is 0 Å². The molecule has 1 aliphatic rings. The molecule has 0 bridgehead atoms. The summed E-state index contributed by atoms with van der Waals surface area (Å²) in [5.74, 6) is 0.0915. The first-order chi connectivity index (χ1) is 9.82. The van der Waals surface area contributed by atoms with Gasteiger partial charge >= 0.3 is 6.18 Å². The molecular weight excluding hydrogens is 283 g/mol. The van der Waals surface area contributed by atoms with Gasteiger partial charge in [0.15, 0.2) is 5.84 Å². The molecule has 1 fully saturated rings. The molecule has 0 atom stereocenters. The number of hydrogen-bond acceptors (Lipinski definition) is 3. The minimum atomic E-state index is -4.54. The summed E-state index contributed by atoms with van der Waals surface area (Å²) in [6.07, 6.45) is -2.54. The number of benzene rings is 1. The van der Waals surface area contributed by atoms with E-state index in [1.54, 1.807) is 0 Å². The summed E-state index contributed by atoms with van der Waals surface area (Å²) in [6, 6.07) is 3.77. The molecular formula is C14H18F3N3O. The van der Waals surface area contributed by atoms with Crippen LogP contribution in [-0.2, 0) is 6.18 Å². The number of amidine groups is 1. The summed E-state index contributed by atoms with van der Waals surface area (Å²) in [5.41, 5.74) is 4.87. The van der Waals surface area contributed by atoms with E-state index >= 15 is 0 Å². The van der Waals surface area contributed by atoms with Crippen molar-refractivity contribution in [2.24, 2.45) is 16.8 Å². The number of nitrogens with two attached hydrogens (primary N) is 1. The lowest BCUT2D eigenvalue weighted by Crippen LogP contribution is -2.33. The van der Waals surface area contributed by atoms with Crippen LogP contribution in [0.15, 0.2) is 23.4 Å². The standard InChI is InChI=1S/C14H18F3N3O/c1-9-4-6-20(7-5-9)10-2-3-12(14(15,16)17)11(8-10)13(18)19-21/h2-3,8-9,21H,4-7H2,1H3,(H2,18,19). The highest BCUT2D eigenvalue weighted by atomic mass is 19.4. The van der Waals surface area contributed by atoms with Crippen molar-refractivity contribution in [2.75, 3.05) is 18.0 Å². The van der Waals surface area contributed by atoms with Crippen molar-refractivity contribution in [2.45, 2.75) is 25.9 Å². The molecule has 116 valence electrons. The second kappa shape index (κ2) is 5.83. The van der Waals surface area contributed by atoms with Crippen LogP contribution in [0.5, 0.6) is 0 Å². The number of oxime groups is 1. The predicted octanol–water partition coefficient (Wildman–Crippen LogP) is 3.04. The molecule has 0 aliphatic carbocycles. The Balaban J connectivity index is 2.38. The van der Waals surface area contributed by atoms with E-state index in [-0.39, 0.29) is 5.56 Å². The van der Waals surface area contributed by atoms with Gasteiger partial charge in [-0.15, -0.1) is 0 Å². The van der Waals surface area contributed by atoms with Crippen molar-refractivity contribution < 1.29 is 18.4 Å². The number of hydrogen-bond donors (Lipinski definition) is 2. The molecule has 0 spiro atoms. The van der Waals surface area contributed by atoms with Crippen LogP contribution in [0, 0.1) is 5.92 Å². The van der Waals surface area contributed by atoms with E-state index in [1.165, 1.54) is 12.1 Å². The van der Waals surface area contributed by atoms with E-state index in [2.05, 4.69) is 12.1 Å². The highest BCUT2D eigenvalue weighted by Crippen LogP contribution is 2.34. The average Bonchev–Trinajstić information content (AvgIpc) is 2.45. The summed E-state index contributed by atoms with van der Waals surface area (Å²) < 4.78 is 38.9. The minimum Gasteiger partial charge on any atom is -0.409 e. The zero-order chi connectivity index (χ0) is 15.6. The molecule has 3 N–H and O–H groups in total. The summed E-state index contributed by atoms with van der Waals surface area (Å²) >= 11 is 0. The van der Waals surface area contributed by atoms with Crippen molar-refractivity contribution in [3.63, 3.8) is 0 Å². The van der Waals surface area contributed by atoms with Gasteiger partial charge in [0.25, 0.3) is 0 Å². The van der Waals surface area contributed by atoms with Crippen molar-refractivity contribution in [3.05, 3.63) is 29.3 Å². The summed E-state index contributed by atoms with van der Waals surface area (Å²) in [5, 5.41) is 11.4. The second-order valence-electron chi connectivity index (χ2n) is 5.38. The normalized spacial score (nSPS) is 18.1. The van der Waals surface area contributed by atoms with Crippen molar-refractivity contribution >= 4 is 11.5 Å². The van der Waals surface area contributed by atoms with Crippen molar-refractivity contribution in [1.29, 1.82) is 0 Å². The maximum absolute atomic E-state index is 13.0. The molecule has 1 heterocycles. The monoisotopic (exact) mass is 301 g/mol. The maximum atomic E-state index is 13.0. The van der Waals surface area contributed by atoms with Crippen molar-refractivity contribution in [1.82, 2.24) is 0 Å². The summed E-state index contributed by atoms with van der Waals surface area (Å²) in [4.78, 5) is 2.02. The van der Waals surface area contributed by atoms with E-state index in [9.17, 15) is 13.2 Å². The Kier molecular flexibility index (Phi) is 4.29. The highest BCUT2D eigenvalue weighted by Gasteiger charge is 2.34. The number of nitrogens with zero attached hydrogens (tertiary/aromatic N) is 2. The topological polar surface area (TPSA) is 61.8 Å². The van der Waals surface area contributed by atoms with Crippen LogP contribution in [0.25, 0.3) is 0 Å². The smallest absolute Gasteiger partial charge is 0.409 e. The number of piperidine rings is 1. The van der Waals surface area contributed by atoms with Crippen LogP contribution in [-0.4, -0.2) is 24.1 Å².